The maximum absolute atomic E-state index is 10.2. The van der Waals surface area contributed by atoms with Gasteiger partial charge in [0.15, 0.2) is 5.79 Å². The van der Waals surface area contributed by atoms with Crippen molar-refractivity contribution in [3.05, 3.63) is 71.8 Å². The maximum Gasteiger partial charge on any atom is 0.212 e. The van der Waals surface area contributed by atoms with E-state index in [1.54, 1.807) is 5.06 Å². The second kappa shape index (κ2) is 10.7. The molecule has 32 heavy (non-hydrogen) atoms. The van der Waals surface area contributed by atoms with Crippen molar-refractivity contribution in [1.82, 2.24) is 5.06 Å². The number of rotatable bonds is 10. The first-order chi connectivity index (χ1) is 15.2. The molecular formula is C25H34N2O4Si. The molecule has 2 aromatic carbocycles. The van der Waals surface area contributed by atoms with Gasteiger partial charge in [0, 0.05) is 6.54 Å². The first kappa shape index (κ1) is 24.6. The Kier molecular flexibility index (Phi) is 8.23. The monoisotopic (exact) mass is 454 g/mol. The van der Waals surface area contributed by atoms with Gasteiger partial charge in [-0.15, -0.1) is 0 Å². The van der Waals surface area contributed by atoms with Gasteiger partial charge in [0.05, 0.1) is 19.3 Å². The molecule has 1 aliphatic heterocycles. The standard InChI is InChI=1S/C25H34N2O4Si/c1-25(2)29-23(19-28-18-21-14-10-7-11-15-21)24(30-25)22(16-26)27(31-32(3,4)5)17-20-12-8-6-9-13-20/h6-15,22-24H,17-19H2,1-5H3/t22-,23+,24+/m1/s1. The Labute approximate surface area is 192 Å². The predicted octanol–water partition coefficient (Wildman–Crippen LogP) is 4.88. The molecule has 0 bridgehead atoms. The molecule has 0 aliphatic carbocycles. The highest BCUT2D eigenvalue weighted by Gasteiger charge is 2.48. The van der Waals surface area contributed by atoms with E-state index < -0.39 is 26.3 Å². The van der Waals surface area contributed by atoms with Crippen molar-refractivity contribution in [2.45, 2.75) is 70.7 Å². The maximum atomic E-state index is 10.2. The van der Waals surface area contributed by atoms with Crippen LogP contribution in [0.3, 0.4) is 0 Å². The first-order valence-electron chi connectivity index (χ1n) is 11.0. The van der Waals surface area contributed by atoms with Crippen LogP contribution in [0.5, 0.6) is 0 Å². The molecule has 3 rings (SSSR count). The average molecular weight is 455 g/mol. The summed E-state index contributed by atoms with van der Waals surface area (Å²) >= 11 is 0. The normalized spacial score (nSPS) is 21.4. The number of hydroxylamine groups is 2. The molecule has 1 saturated heterocycles. The van der Waals surface area contributed by atoms with E-state index in [-0.39, 0.29) is 6.10 Å². The molecule has 0 radical (unpaired) electrons. The second-order valence-corrected chi connectivity index (χ2v) is 13.9. The van der Waals surface area contributed by atoms with Gasteiger partial charge in [-0.25, -0.2) is 0 Å². The van der Waals surface area contributed by atoms with Gasteiger partial charge < -0.3 is 18.7 Å². The van der Waals surface area contributed by atoms with Crippen LogP contribution in [0.25, 0.3) is 0 Å². The molecule has 1 heterocycles. The fourth-order valence-corrected chi connectivity index (χ4v) is 4.61. The SMILES string of the molecule is CC1(C)O[C@@H]([C@@H](C#N)N(Cc2ccccc2)O[Si](C)(C)C)[C@H](COCc2ccccc2)O1. The third kappa shape index (κ3) is 7.24. The third-order valence-corrected chi connectivity index (χ3v) is 5.72. The molecule has 3 atom stereocenters. The van der Waals surface area contributed by atoms with Crippen LogP contribution in [0.4, 0.5) is 0 Å². The van der Waals surface area contributed by atoms with Crippen molar-refractivity contribution < 1.29 is 18.7 Å². The minimum Gasteiger partial charge on any atom is -0.374 e. The number of hydrogen-bond acceptors (Lipinski definition) is 6. The van der Waals surface area contributed by atoms with Gasteiger partial charge in [-0.05, 0) is 44.6 Å². The summed E-state index contributed by atoms with van der Waals surface area (Å²) in [5.41, 5.74) is 2.16. The first-order valence-corrected chi connectivity index (χ1v) is 14.4. The predicted molar refractivity (Wildman–Crippen MR) is 126 cm³/mol. The minimum atomic E-state index is -1.98. The quantitative estimate of drug-likeness (QED) is 0.376. The van der Waals surface area contributed by atoms with Crippen LogP contribution >= 0.6 is 0 Å². The number of ether oxygens (including phenoxy) is 3. The summed E-state index contributed by atoms with van der Waals surface area (Å²) in [6.45, 7) is 11.3. The van der Waals surface area contributed by atoms with Crippen molar-refractivity contribution in [3.63, 3.8) is 0 Å². The molecule has 0 N–H and O–H groups in total. The van der Waals surface area contributed by atoms with E-state index in [2.05, 4.69) is 25.7 Å². The van der Waals surface area contributed by atoms with E-state index in [1.165, 1.54) is 0 Å². The Morgan fingerprint density at radius 1 is 1.00 bits per heavy atom. The lowest BCUT2D eigenvalue weighted by Crippen LogP contribution is -2.51. The zero-order valence-electron chi connectivity index (χ0n) is 19.7. The minimum absolute atomic E-state index is 0.327. The van der Waals surface area contributed by atoms with Crippen molar-refractivity contribution in [2.24, 2.45) is 0 Å². The summed E-state index contributed by atoms with van der Waals surface area (Å²) < 4.78 is 24.7. The fraction of sp³-hybridized carbons (Fsp3) is 0.480. The van der Waals surface area contributed by atoms with Crippen molar-refractivity contribution in [2.75, 3.05) is 6.61 Å². The summed E-state index contributed by atoms with van der Waals surface area (Å²) in [4.78, 5) is 0. The largest absolute Gasteiger partial charge is 0.374 e. The molecular weight excluding hydrogens is 420 g/mol. The van der Waals surface area contributed by atoms with Gasteiger partial charge in [0.25, 0.3) is 0 Å². The van der Waals surface area contributed by atoms with E-state index >= 15 is 0 Å². The molecule has 172 valence electrons. The molecule has 0 spiro atoms. The molecule has 7 heteroatoms. The Bertz CT molecular complexity index is 880. The number of hydrogen-bond donors (Lipinski definition) is 0. The van der Waals surface area contributed by atoms with Gasteiger partial charge >= 0.3 is 0 Å². The van der Waals surface area contributed by atoms with E-state index in [1.807, 2.05) is 74.5 Å². The average Bonchev–Trinajstić information content (AvgIpc) is 3.03. The molecule has 0 amide bonds. The van der Waals surface area contributed by atoms with Crippen LogP contribution in [0.1, 0.15) is 25.0 Å². The third-order valence-electron chi connectivity index (χ3n) is 4.94. The lowest BCUT2D eigenvalue weighted by Gasteiger charge is -2.35. The topological polar surface area (TPSA) is 64.0 Å². The highest BCUT2D eigenvalue weighted by Crippen LogP contribution is 2.33. The second-order valence-electron chi connectivity index (χ2n) is 9.48. The summed E-state index contributed by atoms with van der Waals surface area (Å²) in [5, 5.41) is 12.0. The molecule has 6 nitrogen and oxygen atoms in total. The van der Waals surface area contributed by atoms with Crippen LogP contribution in [0, 0.1) is 11.3 Å². The Morgan fingerprint density at radius 3 is 2.16 bits per heavy atom. The van der Waals surface area contributed by atoms with Crippen molar-refractivity contribution >= 4 is 8.32 Å². The lowest BCUT2D eigenvalue weighted by molar-refractivity contribution is -0.170. The lowest BCUT2D eigenvalue weighted by atomic mass is 10.1. The van der Waals surface area contributed by atoms with Crippen LogP contribution in [-0.4, -0.2) is 44.0 Å². The smallest absolute Gasteiger partial charge is 0.212 e. The van der Waals surface area contributed by atoms with E-state index in [0.717, 1.165) is 11.1 Å². The van der Waals surface area contributed by atoms with Gasteiger partial charge in [-0.1, -0.05) is 60.7 Å². The molecule has 0 unspecified atom stereocenters. The Morgan fingerprint density at radius 2 is 1.59 bits per heavy atom. The van der Waals surface area contributed by atoms with Crippen molar-refractivity contribution in [1.29, 1.82) is 5.26 Å². The number of benzene rings is 2. The Hall–Kier alpha value is -2.05. The summed E-state index contributed by atoms with van der Waals surface area (Å²) in [5.74, 6) is -0.807. The Balaban J connectivity index is 1.76. The van der Waals surface area contributed by atoms with E-state index in [4.69, 9.17) is 18.7 Å². The zero-order chi connectivity index (χ0) is 23.2. The molecule has 1 fully saturated rings. The van der Waals surface area contributed by atoms with E-state index in [9.17, 15) is 5.26 Å². The van der Waals surface area contributed by atoms with Crippen molar-refractivity contribution in [3.8, 4) is 6.07 Å². The molecule has 0 saturated carbocycles. The summed E-state index contributed by atoms with van der Waals surface area (Å²) in [7, 11) is -1.98. The molecule has 2 aromatic rings. The number of nitriles is 1. The van der Waals surface area contributed by atoms with Crippen LogP contribution < -0.4 is 0 Å². The van der Waals surface area contributed by atoms with Gasteiger partial charge in [-0.2, -0.15) is 10.3 Å². The summed E-state index contributed by atoms with van der Waals surface area (Å²) in [6, 6.07) is 21.8. The van der Waals surface area contributed by atoms with Crippen LogP contribution in [0.15, 0.2) is 60.7 Å². The van der Waals surface area contributed by atoms with Gasteiger partial charge in [0.2, 0.25) is 8.32 Å². The van der Waals surface area contributed by atoms with Crippen LogP contribution in [-0.2, 0) is 31.9 Å². The zero-order valence-corrected chi connectivity index (χ0v) is 20.7. The number of nitrogens with zero attached hydrogens (tertiary/aromatic N) is 2. The molecule has 1 aliphatic rings. The van der Waals surface area contributed by atoms with Gasteiger partial charge in [0.1, 0.15) is 18.2 Å². The molecule has 0 aromatic heterocycles. The highest BCUT2D eigenvalue weighted by molar-refractivity contribution is 6.69. The fourth-order valence-electron chi connectivity index (χ4n) is 3.73. The van der Waals surface area contributed by atoms with Crippen LogP contribution in [0.2, 0.25) is 19.6 Å². The van der Waals surface area contributed by atoms with Gasteiger partial charge in [-0.3, -0.25) is 0 Å². The van der Waals surface area contributed by atoms with E-state index in [0.29, 0.717) is 19.8 Å². The summed E-state index contributed by atoms with van der Waals surface area (Å²) in [6.07, 6.45) is -0.896. The highest BCUT2D eigenvalue weighted by atomic mass is 28.4.